The van der Waals surface area contributed by atoms with E-state index in [0.717, 1.165) is 27.3 Å². The number of carbonyl (C=O) groups is 1. The molecule has 0 fully saturated rings. The van der Waals surface area contributed by atoms with Crippen LogP contribution in [0.3, 0.4) is 0 Å². The molecule has 1 N–H and O–H groups in total. The quantitative estimate of drug-likeness (QED) is 0.441. The van der Waals surface area contributed by atoms with Crippen LogP contribution in [0, 0.1) is 6.92 Å². The van der Waals surface area contributed by atoms with E-state index in [2.05, 4.69) is 24.4 Å². The first-order chi connectivity index (χ1) is 15.0. The van der Waals surface area contributed by atoms with Crippen LogP contribution < -0.4 is 10.9 Å². The van der Waals surface area contributed by atoms with Crippen LogP contribution in [-0.4, -0.2) is 22.1 Å². The molecular weight excluding hydrogens is 410 g/mol. The fraction of sp³-hybridized carbons (Fsp3) is 0.208. The van der Waals surface area contributed by atoms with E-state index >= 15 is 0 Å². The Morgan fingerprint density at radius 3 is 2.61 bits per heavy atom. The van der Waals surface area contributed by atoms with Crippen LogP contribution >= 0.6 is 11.3 Å². The molecular formula is C24H23N3O3S. The van der Waals surface area contributed by atoms with Crippen LogP contribution in [0.1, 0.15) is 18.1 Å². The number of thiophene rings is 1. The van der Waals surface area contributed by atoms with Crippen molar-refractivity contribution in [3.8, 4) is 10.4 Å². The number of anilines is 2. The van der Waals surface area contributed by atoms with Crippen LogP contribution in [0.5, 0.6) is 0 Å². The minimum absolute atomic E-state index is 0.0868. The summed E-state index contributed by atoms with van der Waals surface area (Å²) in [6, 6.07) is 17.5. The molecule has 2 aromatic carbocycles. The summed E-state index contributed by atoms with van der Waals surface area (Å²) in [6.45, 7) is 4.22. The summed E-state index contributed by atoms with van der Waals surface area (Å²) in [5.41, 5.74) is 4.50. The van der Waals surface area contributed by atoms with Crippen molar-refractivity contribution >= 4 is 39.2 Å². The van der Waals surface area contributed by atoms with Gasteiger partial charge in [-0.1, -0.05) is 36.4 Å². The molecule has 4 rings (SSSR count). The number of hydrogen-bond acceptors (Lipinski definition) is 6. The lowest BCUT2D eigenvalue weighted by molar-refractivity contribution is -0.142. The maximum Gasteiger partial charge on any atom is 0.310 e. The number of aryl methyl sites for hydroxylation is 1. The SMILES string of the molecule is CCOC(=O)Cc1ccc(Nc2nc3cc(-c4ccccc4C)sc3c(=O)n2C)cc1. The van der Waals surface area contributed by atoms with Gasteiger partial charge in [0.25, 0.3) is 5.56 Å². The molecule has 0 radical (unpaired) electrons. The molecule has 0 spiro atoms. The lowest BCUT2D eigenvalue weighted by atomic mass is 10.1. The van der Waals surface area contributed by atoms with E-state index in [0.29, 0.717) is 22.8 Å². The normalized spacial score (nSPS) is 10.9. The zero-order valence-electron chi connectivity index (χ0n) is 17.6. The molecule has 0 aliphatic rings. The second-order valence-electron chi connectivity index (χ2n) is 7.24. The van der Waals surface area contributed by atoms with Gasteiger partial charge in [0.1, 0.15) is 4.70 Å². The number of hydrogen-bond donors (Lipinski definition) is 1. The molecule has 158 valence electrons. The average molecular weight is 434 g/mol. The van der Waals surface area contributed by atoms with Crippen LogP contribution in [0.2, 0.25) is 0 Å². The van der Waals surface area contributed by atoms with Crippen LogP contribution in [-0.2, 0) is 23.0 Å². The standard InChI is InChI=1S/C24H23N3O3S/c1-4-30-21(28)13-16-9-11-17(12-10-16)25-24-26-19-14-20(18-8-6-5-7-15(18)2)31-22(19)23(29)27(24)3/h5-12,14H,4,13H2,1-3H3,(H,25,26). The van der Waals surface area contributed by atoms with Crippen molar-refractivity contribution < 1.29 is 9.53 Å². The topological polar surface area (TPSA) is 73.2 Å². The van der Waals surface area contributed by atoms with E-state index < -0.39 is 0 Å². The molecule has 31 heavy (non-hydrogen) atoms. The summed E-state index contributed by atoms with van der Waals surface area (Å²) in [7, 11) is 1.71. The predicted octanol–water partition coefficient (Wildman–Crippen LogP) is 4.82. The second-order valence-corrected chi connectivity index (χ2v) is 8.30. The Morgan fingerprint density at radius 1 is 1.16 bits per heavy atom. The highest BCUT2D eigenvalue weighted by atomic mass is 32.1. The highest BCUT2D eigenvalue weighted by Gasteiger charge is 2.14. The minimum Gasteiger partial charge on any atom is -0.466 e. The van der Waals surface area contributed by atoms with Gasteiger partial charge >= 0.3 is 5.97 Å². The van der Waals surface area contributed by atoms with E-state index in [1.54, 1.807) is 14.0 Å². The van der Waals surface area contributed by atoms with Crippen molar-refractivity contribution in [3.63, 3.8) is 0 Å². The number of fused-ring (bicyclic) bond motifs is 1. The molecule has 2 heterocycles. The molecule has 0 bridgehead atoms. The fourth-order valence-electron chi connectivity index (χ4n) is 3.36. The molecule has 7 heteroatoms. The lowest BCUT2D eigenvalue weighted by Crippen LogP contribution is -2.20. The number of benzene rings is 2. The van der Waals surface area contributed by atoms with Gasteiger partial charge in [-0.15, -0.1) is 11.3 Å². The molecule has 2 aromatic heterocycles. The summed E-state index contributed by atoms with van der Waals surface area (Å²) in [4.78, 5) is 30.3. The zero-order chi connectivity index (χ0) is 22.0. The van der Waals surface area contributed by atoms with Gasteiger partial charge in [-0.05, 0) is 48.7 Å². The summed E-state index contributed by atoms with van der Waals surface area (Å²) < 4.78 is 7.14. The Balaban J connectivity index is 1.62. The number of carbonyl (C=O) groups excluding carboxylic acids is 1. The van der Waals surface area contributed by atoms with Gasteiger partial charge < -0.3 is 10.1 Å². The molecule has 0 amide bonds. The number of ether oxygens (including phenoxy) is 1. The molecule has 0 aliphatic carbocycles. The first kappa shape index (κ1) is 20.8. The fourth-order valence-corrected chi connectivity index (χ4v) is 4.53. The average Bonchev–Trinajstić information content (AvgIpc) is 3.17. The van der Waals surface area contributed by atoms with Crippen LogP contribution in [0.4, 0.5) is 11.6 Å². The van der Waals surface area contributed by atoms with Crippen LogP contribution in [0.25, 0.3) is 20.7 Å². The van der Waals surface area contributed by atoms with Crippen molar-refractivity contribution in [3.05, 3.63) is 76.1 Å². The Labute approximate surface area is 184 Å². The Hall–Kier alpha value is -3.45. The van der Waals surface area contributed by atoms with E-state index in [1.165, 1.54) is 15.9 Å². The second kappa shape index (κ2) is 8.73. The Morgan fingerprint density at radius 2 is 1.90 bits per heavy atom. The Bertz CT molecular complexity index is 1310. The lowest BCUT2D eigenvalue weighted by Gasteiger charge is -2.10. The molecule has 0 saturated carbocycles. The summed E-state index contributed by atoms with van der Waals surface area (Å²) in [6.07, 6.45) is 0.230. The first-order valence-corrected chi connectivity index (χ1v) is 10.9. The van der Waals surface area contributed by atoms with E-state index in [4.69, 9.17) is 9.72 Å². The van der Waals surface area contributed by atoms with Crippen molar-refractivity contribution in [2.45, 2.75) is 20.3 Å². The minimum atomic E-state index is -0.250. The van der Waals surface area contributed by atoms with Gasteiger partial charge in [0, 0.05) is 17.6 Å². The van der Waals surface area contributed by atoms with Gasteiger partial charge in [-0.25, -0.2) is 4.98 Å². The van der Waals surface area contributed by atoms with Crippen LogP contribution in [0.15, 0.2) is 59.4 Å². The molecule has 0 aliphatic heterocycles. The van der Waals surface area contributed by atoms with Crippen molar-refractivity contribution in [1.29, 1.82) is 0 Å². The van der Waals surface area contributed by atoms with Gasteiger partial charge in [0.2, 0.25) is 5.95 Å². The largest absolute Gasteiger partial charge is 0.466 e. The first-order valence-electron chi connectivity index (χ1n) is 10.0. The van der Waals surface area contributed by atoms with Crippen molar-refractivity contribution in [2.75, 3.05) is 11.9 Å². The number of esters is 1. The van der Waals surface area contributed by atoms with Gasteiger partial charge in [0.15, 0.2) is 0 Å². The van der Waals surface area contributed by atoms with Crippen molar-refractivity contribution in [2.24, 2.45) is 7.05 Å². The predicted molar refractivity (Wildman–Crippen MR) is 125 cm³/mol. The summed E-state index contributed by atoms with van der Waals surface area (Å²) in [5, 5.41) is 3.21. The van der Waals surface area contributed by atoms with Gasteiger partial charge in [-0.3, -0.25) is 14.2 Å². The summed E-state index contributed by atoms with van der Waals surface area (Å²) in [5.74, 6) is 0.212. The monoisotopic (exact) mass is 433 g/mol. The van der Waals surface area contributed by atoms with Crippen molar-refractivity contribution in [1.82, 2.24) is 9.55 Å². The molecule has 0 atom stereocenters. The molecule has 0 saturated heterocycles. The maximum atomic E-state index is 12.9. The number of aromatic nitrogens is 2. The molecule has 4 aromatic rings. The molecule has 0 unspecified atom stereocenters. The maximum absolute atomic E-state index is 12.9. The number of nitrogens with one attached hydrogen (secondary N) is 1. The van der Waals surface area contributed by atoms with Gasteiger partial charge in [-0.2, -0.15) is 0 Å². The molecule has 6 nitrogen and oxygen atoms in total. The number of rotatable bonds is 6. The van der Waals surface area contributed by atoms with E-state index in [1.807, 2.05) is 42.5 Å². The third-order valence-corrected chi connectivity index (χ3v) is 6.18. The highest BCUT2D eigenvalue weighted by molar-refractivity contribution is 7.22. The third-order valence-electron chi connectivity index (χ3n) is 5.03. The smallest absolute Gasteiger partial charge is 0.310 e. The zero-order valence-corrected chi connectivity index (χ0v) is 18.5. The van der Waals surface area contributed by atoms with E-state index in [-0.39, 0.29) is 17.9 Å². The third kappa shape index (κ3) is 4.36. The number of nitrogens with zero attached hydrogens (tertiary/aromatic N) is 2. The Kier molecular flexibility index (Phi) is 5.86. The van der Waals surface area contributed by atoms with Gasteiger partial charge in [0.05, 0.1) is 18.5 Å². The summed E-state index contributed by atoms with van der Waals surface area (Å²) >= 11 is 1.46. The highest BCUT2D eigenvalue weighted by Crippen LogP contribution is 2.33. The van der Waals surface area contributed by atoms with E-state index in [9.17, 15) is 9.59 Å².